The molecule has 0 radical (unpaired) electrons. The molecule has 0 amide bonds. The largest absolute Gasteiger partial charge is 0.382 e. The summed E-state index contributed by atoms with van der Waals surface area (Å²) in [5.41, 5.74) is 0. The molecule has 0 saturated carbocycles. The molecule has 2 atom stereocenters. The van der Waals surface area contributed by atoms with Gasteiger partial charge in [-0.25, -0.2) is 0 Å². The zero-order valence-electron chi connectivity index (χ0n) is 12.1. The second-order valence-electron chi connectivity index (χ2n) is 4.66. The summed E-state index contributed by atoms with van der Waals surface area (Å²) >= 11 is 0. The zero-order valence-corrected chi connectivity index (χ0v) is 12.1. The van der Waals surface area contributed by atoms with E-state index in [9.17, 15) is 0 Å². The van der Waals surface area contributed by atoms with Crippen LogP contribution in [0.25, 0.3) is 0 Å². The van der Waals surface area contributed by atoms with Gasteiger partial charge in [-0.1, -0.05) is 20.3 Å². The van der Waals surface area contributed by atoms with Gasteiger partial charge in [0.05, 0.1) is 13.2 Å². The summed E-state index contributed by atoms with van der Waals surface area (Å²) < 4.78 is 10.4. The molecular weight excluding hydrogens is 214 g/mol. The van der Waals surface area contributed by atoms with Gasteiger partial charge in [0.15, 0.2) is 0 Å². The fourth-order valence-electron chi connectivity index (χ4n) is 2.04. The molecular formula is C14H31NO2. The number of nitrogens with one attached hydrogen (secondary N) is 1. The Morgan fingerprint density at radius 3 is 2.47 bits per heavy atom. The molecule has 0 aromatic carbocycles. The van der Waals surface area contributed by atoms with Crippen LogP contribution in [0.2, 0.25) is 0 Å². The van der Waals surface area contributed by atoms with Crippen LogP contribution in [0.15, 0.2) is 0 Å². The molecule has 0 aromatic rings. The van der Waals surface area contributed by atoms with Gasteiger partial charge < -0.3 is 14.8 Å². The molecule has 0 spiro atoms. The monoisotopic (exact) mass is 245 g/mol. The molecule has 0 bridgehead atoms. The van der Waals surface area contributed by atoms with Crippen molar-refractivity contribution in [1.29, 1.82) is 0 Å². The molecule has 2 unspecified atom stereocenters. The van der Waals surface area contributed by atoms with Gasteiger partial charge in [0, 0.05) is 19.8 Å². The van der Waals surface area contributed by atoms with Crippen molar-refractivity contribution in [2.45, 2.75) is 52.5 Å². The van der Waals surface area contributed by atoms with Crippen LogP contribution in [0.1, 0.15) is 46.5 Å². The number of rotatable bonds is 12. The highest BCUT2D eigenvalue weighted by Gasteiger charge is 2.13. The summed E-state index contributed by atoms with van der Waals surface area (Å²) in [6.45, 7) is 10.2. The summed E-state index contributed by atoms with van der Waals surface area (Å²) in [4.78, 5) is 0. The quantitative estimate of drug-likeness (QED) is 0.536. The van der Waals surface area contributed by atoms with Crippen molar-refractivity contribution in [2.75, 3.05) is 33.5 Å². The van der Waals surface area contributed by atoms with Crippen LogP contribution in [-0.4, -0.2) is 39.5 Å². The van der Waals surface area contributed by atoms with Crippen LogP contribution in [0.5, 0.6) is 0 Å². The molecule has 0 rings (SSSR count). The maximum Gasteiger partial charge on any atom is 0.0700 e. The number of hydrogen-bond donors (Lipinski definition) is 1. The lowest BCUT2D eigenvalue weighted by molar-refractivity contribution is 0.0665. The van der Waals surface area contributed by atoms with Crippen LogP contribution < -0.4 is 5.32 Å². The first kappa shape index (κ1) is 16.9. The average Bonchev–Trinajstić information content (AvgIpc) is 2.35. The first-order chi connectivity index (χ1) is 8.26. The minimum absolute atomic E-state index is 0.624. The van der Waals surface area contributed by atoms with E-state index < -0.39 is 0 Å². The predicted octanol–water partition coefficient (Wildman–Crippen LogP) is 2.84. The highest BCUT2D eigenvalue weighted by molar-refractivity contribution is 4.70. The van der Waals surface area contributed by atoms with E-state index in [1.807, 2.05) is 0 Å². The fourth-order valence-corrected chi connectivity index (χ4v) is 2.04. The molecule has 17 heavy (non-hydrogen) atoms. The van der Waals surface area contributed by atoms with E-state index in [4.69, 9.17) is 9.47 Å². The molecule has 104 valence electrons. The maximum atomic E-state index is 5.48. The van der Waals surface area contributed by atoms with Gasteiger partial charge in [0.1, 0.15) is 0 Å². The third-order valence-corrected chi connectivity index (χ3v) is 3.24. The van der Waals surface area contributed by atoms with Gasteiger partial charge >= 0.3 is 0 Å². The summed E-state index contributed by atoms with van der Waals surface area (Å²) in [6.07, 6.45) is 4.86. The van der Waals surface area contributed by atoms with Gasteiger partial charge in [0.25, 0.3) is 0 Å². The maximum absolute atomic E-state index is 5.48. The topological polar surface area (TPSA) is 30.5 Å². The second kappa shape index (κ2) is 12.3. The van der Waals surface area contributed by atoms with E-state index in [0.29, 0.717) is 12.6 Å². The summed E-state index contributed by atoms with van der Waals surface area (Å²) in [7, 11) is 1.71. The Balaban J connectivity index is 3.52. The number of ether oxygens (including phenoxy) is 2. The smallest absolute Gasteiger partial charge is 0.0700 e. The molecule has 1 N–H and O–H groups in total. The summed E-state index contributed by atoms with van der Waals surface area (Å²) in [5, 5.41) is 3.58. The van der Waals surface area contributed by atoms with Crippen molar-refractivity contribution in [2.24, 2.45) is 5.92 Å². The average molecular weight is 245 g/mol. The van der Waals surface area contributed by atoms with Gasteiger partial charge in [-0.05, 0) is 38.6 Å². The van der Waals surface area contributed by atoms with Crippen LogP contribution in [0.4, 0.5) is 0 Å². The molecule has 0 aliphatic carbocycles. The van der Waals surface area contributed by atoms with E-state index in [2.05, 4.69) is 26.1 Å². The van der Waals surface area contributed by atoms with Crippen LogP contribution >= 0.6 is 0 Å². The number of methoxy groups -OCH3 is 1. The highest BCUT2D eigenvalue weighted by atomic mass is 16.5. The molecule has 3 nitrogen and oxygen atoms in total. The van der Waals surface area contributed by atoms with Gasteiger partial charge in [-0.3, -0.25) is 0 Å². The summed E-state index contributed by atoms with van der Waals surface area (Å²) in [6, 6.07) is 0.624. The zero-order chi connectivity index (χ0) is 12.9. The minimum Gasteiger partial charge on any atom is -0.382 e. The van der Waals surface area contributed by atoms with Crippen LogP contribution in [-0.2, 0) is 9.47 Å². The lowest BCUT2D eigenvalue weighted by atomic mass is 9.93. The standard InChI is InChI=1S/C14H31NO2/c1-5-9-15-13(3)14(6-2)8-7-10-17-12-11-16-4/h13-15H,5-12H2,1-4H3. The Hall–Kier alpha value is -0.120. The summed E-state index contributed by atoms with van der Waals surface area (Å²) in [5.74, 6) is 0.771. The normalized spacial score (nSPS) is 14.8. The number of hydrogen-bond acceptors (Lipinski definition) is 3. The van der Waals surface area contributed by atoms with E-state index in [1.54, 1.807) is 7.11 Å². The predicted molar refractivity (Wildman–Crippen MR) is 73.5 cm³/mol. The molecule has 0 saturated heterocycles. The minimum atomic E-state index is 0.624. The Morgan fingerprint density at radius 1 is 1.12 bits per heavy atom. The molecule has 3 heteroatoms. The lowest BCUT2D eigenvalue weighted by Crippen LogP contribution is -2.34. The van der Waals surface area contributed by atoms with E-state index in [1.165, 1.54) is 19.3 Å². The van der Waals surface area contributed by atoms with E-state index >= 15 is 0 Å². The van der Waals surface area contributed by atoms with Gasteiger partial charge in [0.2, 0.25) is 0 Å². The van der Waals surface area contributed by atoms with Crippen LogP contribution in [0, 0.1) is 5.92 Å². The Labute approximate surface area is 107 Å². The molecule has 0 aliphatic heterocycles. The second-order valence-corrected chi connectivity index (χ2v) is 4.66. The Morgan fingerprint density at radius 2 is 1.88 bits per heavy atom. The first-order valence-electron chi connectivity index (χ1n) is 7.06. The highest BCUT2D eigenvalue weighted by Crippen LogP contribution is 2.15. The third-order valence-electron chi connectivity index (χ3n) is 3.24. The molecule has 0 aliphatic rings. The first-order valence-corrected chi connectivity index (χ1v) is 7.06. The Kier molecular flexibility index (Phi) is 12.3. The fraction of sp³-hybridized carbons (Fsp3) is 1.00. The van der Waals surface area contributed by atoms with E-state index in [-0.39, 0.29) is 0 Å². The molecule has 0 fully saturated rings. The van der Waals surface area contributed by atoms with Gasteiger partial charge in [-0.2, -0.15) is 0 Å². The molecule has 0 heterocycles. The molecule has 0 aromatic heterocycles. The van der Waals surface area contributed by atoms with Crippen molar-refractivity contribution in [3.8, 4) is 0 Å². The third kappa shape index (κ3) is 9.57. The lowest BCUT2D eigenvalue weighted by Gasteiger charge is -2.23. The van der Waals surface area contributed by atoms with Crippen molar-refractivity contribution in [3.05, 3.63) is 0 Å². The Bertz CT molecular complexity index is 153. The van der Waals surface area contributed by atoms with Crippen molar-refractivity contribution >= 4 is 0 Å². The van der Waals surface area contributed by atoms with Crippen LogP contribution in [0.3, 0.4) is 0 Å². The van der Waals surface area contributed by atoms with Crippen molar-refractivity contribution in [3.63, 3.8) is 0 Å². The SMILES string of the molecule is CCCNC(C)C(CC)CCCOCCOC. The van der Waals surface area contributed by atoms with Crippen molar-refractivity contribution < 1.29 is 9.47 Å². The van der Waals surface area contributed by atoms with Gasteiger partial charge in [-0.15, -0.1) is 0 Å². The van der Waals surface area contributed by atoms with Crippen molar-refractivity contribution in [1.82, 2.24) is 5.32 Å². The van der Waals surface area contributed by atoms with E-state index in [0.717, 1.165) is 32.1 Å².